The van der Waals surface area contributed by atoms with Crippen LogP contribution in [-0.2, 0) is 11.2 Å². The van der Waals surface area contributed by atoms with Crippen LogP contribution in [0, 0.1) is 0 Å². The average Bonchev–Trinajstić information content (AvgIpc) is 2.38. The molecule has 17 heavy (non-hydrogen) atoms. The smallest absolute Gasteiger partial charge is 0.118 e. The van der Waals surface area contributed by atoms with Crippen LogP contribution in [0.25, 0.3) is 0 Å². The van der Waals surface area contributed by atoms with E-state index in [1.54, 1.807) is 7.11 Å². The van der Waals surface area contributed by atoms with Gasteiger partial charge in [0.15, 0.2) is 0 Å². The van der Waals surface area contributed by atoms with Crippen molar-refractivity contribution >= 4 is 0 Å². The van der Waals surface area contributed by atoms with Crippen LogP contribution in [0.15, 0.2) is 24.3 Å². The molecule has 1 rings (SSSR count). The van der Waals surface area contributed by atoms with Gasteiger partial charge in [-0.3, -0.25) is 0 Å². The standard InChI is InChI=1S/C15H24O2/c1-3-17-13-7-5-4-6-8-14-9-11-15(16-2)12-10-14/h9-12H,3-8,13H2,1-2H3. The number of hydrogen-bond donors (Lipinski definition) is 0. The van der Waals surface area contributed by atoms with Crippen LogP contribution >= 0.6 is 0 Å². The van der Waals surface area contributed by atoms with Crippen LogP contribution < -0.4 is 4.74 Å². The molecule has 0 aliphatic heterocycles. The first-order valence-corrected chi connectivity index (χ1v) is 6.57. The topological polar surface area (TPSA) is 18.5 Å². The fraction of sp³-hybridized carbons (Fsp3) is 0.600. The Bertz CT molecular complexity index is 279. The molecule has 0 N–H and O–H groups in total. The summed E-state index contributed by atoms with van der Waals surface area (Å²) in [5, 5.41) is 0. The lowest BCUT2D eigenvalue weighted by molar-refractivity contribution is 0.143. The van der Waals surface area contributed by atoms with Crippen molar-refractivity contribution in [3.05, 3.63) is 29.8 Å². The molecule has 0 aliphatic rings. The lowest BCUT2D eigenvalue weighted by Crippen LogP contribution is -1.93. The summed E-state index contributed by atoms with van der Waals surface area (Å²) in [6.45, 7) is 3.80. The first-order valence-electron chi connectivity index (χ1n) is 6.57. The van der Waals surface area contributed by atoms with Crippen molar-refractivity contribution in [1.29, 1.82) is 0 Å². The van der Waals surface area contributed by atoms with Gasteiger partial charge in [0, 0.05) is 13.2 Å². The fourth-order valence-electron chi connectivity index (χ4n) is 1.82. The molecule has 2 heteroatoms. The zero-order chi connectivity index (χ0) is 12.3. The number of benzene rings is 1. The predicted octanol–water partition coefficient (Wildman–Crippen LogP) is 3.83. The molecule has 0 saturated carbocycles. The van der Waals surface area contributed by atoms with Gasteiger partial charge in [0.1, 0.15) is 5.75 Å². The SMILES string of the molecule is CCOCCCCCCc1ccc(OC)cc1. The van der Waals surface area contributed by atoms with Crippen molar-refractivity contribution in [2.45, 2.75) is 39.0 Å². The number of unbranched alkanes of at least 4 members (excludes halogenated alkanes) is 3. The molecule has 1 aromatic carbocycles. The van der Waals surface area contributed by atoms with Crippen LogP contribution in [0.3, 0.4) is 0 Å². The van der Waals surface area contributed by atoms with Gasteiger partial charge in [-0.2, -0.15) is 0 Å². The number of ether oxygens (including phenoxy) is 2. The molecule has 2 nitrogen and oxygen atoms in total. The Kier molecular flexibility index (Phi) is 7.48. The Morgan fingerprint density at radius 1 is 0.941 bits per heavy atom. The van der Waals surface area contributed by atoms with Crippen molar-refractivity contribution < 1.29 is 9.47 Å². The largest absolute Gasteiger partial charge is 0.497 e. The normalized spacial score (nSPS) is 10.5. The number of hydrogen-bond acceptors (Lipinski definition) is 2. The Balaban J connectivity index is 2.05. The molecule has 0 saturated heterocycles. The van der Waals surface area contributed by atoms with E-state index < -0.39 is 0 Å². The minimum atomic E-state index is 0.839. The van der Waals surface area contributed by atoms with E-state index in [9.17, 15) is 0 Å². The quantitative estimate of drug-likeness (QED) is 0.607. The molecule has 0 atom stereocenters. The molecule has 0 spiro atoms. The minimum absolute atomic E-state index is 0.839. The van der Waals surface area contributed by atoms with Crippen molar-refractivity contribution in [3.63, 3.8) is 0 Å². The molecular formula is C15H24O2. The van der Waals surface area contributed by atoms with Crippen molar-refractivity contribution in [2.24, 2.45) is 0 Å². The highest BCUT2D eigenvalue weighted by atomic mass is 16.5. The zero-order valence-electron chi connectivity index (χ0n) is 11.1. The lowest BCUT2D eigenvalue weighted by atomic mass is 10.1. The lowest BCUT2D eigenvalue weighted by Gasteiger charge is -2.04. The maximum atomic E-state index is 5.31. The van der Waals surface area contributed by atoms with Gasteiger partial charge >= 0.3 is 0 Å². The highest BCUT2D eigenvalue weighted by molar-refractivity contribution is 5.27. The van der Waals surface area contributed by atoms with E-state index in [1.165, 1.54) is 37.7 Å². The van der Waals surface area contributed by atoms with E-state index >= 15 is 0 Å². The van der Waals surface area contributed by atoms with E-state index in [0.717, 1.165) is 19.0 Å². The van der Waals surface area contributed by atoms with Crippen LogP contribution in [0.4, 0.5) is 0 Å². The Morgan fingerprint density at radius 2 is 1.65 bits per heavy atom. The molecule has 0 radical (unpaired) electrons. The third kappa shape index (κ3) is 6.32. The molecule has 0 fully saturated rings. The number of rotatable bonds is 9. The average molecular weight is 236 g/mol. The number of methoxy groups -OCH3 is 1. The van der Waals surface area contributed by atoms with E-state index in [4.69, 9.17) is 9.47 Å². The van der Waals surface area contributed by atoms with Gasteiger partial charge in [-0.25, -0.2) is 0 Å². The molecule has 0 bridgehead atoms. The summed E-state index contributed by atoms with van der Waals surface area (Å²) in [4.78, 5) is 0. The maximum absolute atomic E-state index is 5.31. The van der Waals surface area contributed by atoms with Crippen LogP contribution in [-0.4, -0.2) is 20.3 Å². The van der Waals surface area contributed by atoms with Gasteiger partial charge in [-0.1, -0.05) is 25.0 Å². The minimum Gasteiger partial charge on any atom is -0.497 e. The third-order valence-electron chi connectivity index (χ3n) is 2.87. The molecule has 0 heterocycles. The molecule has 0 aromatic heterocycles. The predicted molar refractivity (Wildman–Crippen MR) is 71.7 cm³/mol. The molecule has 0 aliphatic carbocycles. The molecule has 0 unspecified atom stereocenters. The highest BCUT2D eigenvalue weighted by Gasteiger charge is 1.95. The summed E-state index contributed by atoms with van der Waals surface area (Å²) >= 11 is 0. The second kappa shape index (κ2) is 9.06. The highest BCUT2D eigenvalue weighted by Crippen LogP contribution is 2.13. The first-order chi connectivity index (χ1) is 8.36. The monoisotopic (exact) mass is 236 g/mol. The van der Waals surface area contributed by atoms with E-state index in [0.29, 0.717) is 0 Å². The van der Waals surface area contributed by atoms with Crippen molar-refractivity contribution in [1.82, 2.24) is 0 Å². The van der Waals surface area contributed by atoms with Crippen molar-refractivity contribution in [3.8, 4) is 5.75 Å². The summed E-state index contributed by atoms with van der Waals surface area (Å²) in [6.07, 6.45) is 6.18. The maximum Gasteiger partial charge on any atom is 0.118 e. The van der Waals surface area contributed by atoms with Gasteiger partial charge in [0.05, 0.1) is 7.11 Å². The molecule has 96 valence electrons. The zero-order valence-corrected chi connectivity index (χ0v) is 11.1. The second-order valence-electron chi connectivity index (χ2n) is 4.21. The molecule has 1 aromatic rings. The van der Waals surface area contributed by atoms with Crippen LogP contribution in [0.1, 0.15) is 38.2 Å². The number of aryl methyl sites for hydroxylation is 1. The summed E-state index contributed by atoms with van der Waals surface area (Å²) < 4.78 is 10.4. The fourth-order valence-corrected chi connectivity index (χ4v) is 1.82. The molecule has 0 amide bonds. The van der Waals surface area contributed by atoms with Gasteiger partial charge in [0.2, 0.25) is 0 Å². The van der Waals surface area contributed by atoms with Gasteiger partial charge in [0.25, 0.3) is 0 Å². The molecular weight excluding hydrogens is 212 g/mol. The summed E-state index contributed by atoms with van der Waals surface area (Å²) in [5.41, 5.74) is 1.40. The van der Waals surface area contributed by atoms with Crippen LogP contribution in [0.2, 0.25) is 0 Å². The second-order valence-corrected chi connectivity index (χ2v) is 4.21. The summed E-state index contributed by atoms with van der Waals surface area (Å²) in [7, 11) is 1.70. The van der Waals surface area contributed by atoms with Gasteiger partial charge in [-0.05, 0) is 43.9 Å². The van der Waals surface area contributed by atoms with Crippen molar-refractivity contribution in [2.75, 3.05) is 20.3 Å². The van der Waals surface area contributed by atoms with E-state index in [-0.39, 0.29) is 0 Å². The van der Waals surface area contributed by atoms with Gasteiger partial charge < -0.3 is 9.47 Å². The van der Waals surface area contributed by atoms with E-state index in [2.05, 4.69) is 12.1 Å². The first kappa shape index (κ1) is 14.0. The van der Waals surface area contributed by atoms with E-state index in [1.807, 2.05) is 19.1 Å². The third-order valence-corrected chi connectivity index (χ3v) is 2.87. The summed E-state index contributed by atoms with van der Waals surface area (Å²) in [5.74, 6) is 0.936. The Labute approximate surface area is 105 Å². The summed E-state index contributed by atoms with van der Waals surface area (Å²) in [6, 6.07) is 8.37. The Morgan fingerprint density at radius 3 is 2.29 bits per heavy atom. The Hall–Kier alpha value is -1.02. The van der Waals surface area contributed by atoms with Crippen LogP contribution in [0.5, 0.6) is 5.75 Å². The van der Waals surface area contributed by atoms with Gasteiger partial charge in [-0.15, -0.1) is 0 Å².